The highest BCUT2D eigenvalue weighted by atomic mass is 16.5. The number of nitrogens with one attached hydrogen (secondary N) is 1. The largest absolute Gasteiger partial charge is 0.381 e. The first-order chi connectivity index (χ1) is 12.7. The molecule has 2 aromatic carbocycles. The molecular weight excluding hydrogens is 330 g/mol. The fourth-order valence-corrected chi connectivity index (χ4v) is 2.99. The second kappa shape index (κ2) is 7.09. The average molecular weight is 349 g/mol. The smallest absolute Gasteiger partial charge is 0.258 e. The van der Waals surface area contributed by atoms with E-state index in [4.69, 9.17) is 9.26 Å². The third-order valence-electron chi connectivity index (χ3n) is 4.49. The van der Waals surface area contributed by atoms with Crippen molar-refractivity contribution in [1.29, 1.82) is 0 Å². The van der Waals surface area contributed by atoms with Gasteiger partial charge >= 0.3 is 0 Å². The minimum Gasteiger partial charge on any atom is -0.381 e. The molecule has 1 aromatic heterocycles. The molecule has 1 aliphatic rings. The number of anilines is 1. The zero-order valence-corrected chi connectivity index (χ0v) is 14.4. The lowest BCUT2D eigenvalue weighted by molar-refractivity contribution is -0.119. The van der Waals surface area contributed by atoms with Crippen LogP contribution in [-0.4, -0.2) is 29.3 Å². The Morgan fingerprint density at radius 3 is 2.88 bits per heavy atom. The molecule has 6 heteroatoms. The van der Waals surface area contributed by atoms with Gasteiger partial charge in [0.25, 0.3) is 5.89 Å². The summed E-state index contributed by atoms with van der Waals surface area (Å²) in [5.41, 5.74) is 3.49. The van der Waals surface area contributed by atoms with Gasteiger partial charge in [0.05, 0.1) is 12.5 Å². The van der Waals surface area contributed by atoms with Gasteiger partial charge in [-0.15, -0.1) is 0 Å². The summed E-state index contributed by atoms with van der Waals surface area (Å²) in [6.45, 7) is 3.13. The normalized spacial score (nSPS) is 16.6. The molecule has 1 aliphatic heterocycles. The van der Waals surface area contributed by atoms with Gasteiger partial charge in [-0.25, -0.2) is 0 Å². The summed E-state index contributed by atoms with van der Waals surface area (Å²) in [7, 11) is 0. The highest BCUT2D eigenvalue weighted by Crippen LogP contribution is 2.26. The second-order valence-electron chi connectivity index (χ2n) is 6.37. The molecule has 0 spiro atoms. The van der Waals surface area contributed by atoms with Crippen LogP contribution in [0.15, 0.2) is 53.1 Å². The van der Waals surface area contributed by atoms with Crippen LogP contribution < -0.4 is 5.32 Å². The molecule has 0 saturated carbocycles. The number of amides is 1. The van der Waals surface area contributed by atoms with Crippen molar-refractivity contribution in [2.45, 2.75) is 13.3 Å². The maximum Gasteiger partial charge on any atom is 0.258 e. The molecule has 1 amide bonds. The van der Waals surface area contributed by atoms with E-state index in [0.29, 0.717) is 30.6 Å². The monoisotopic (exact) mass is 349 g/mol. The van der Waals surface area contributed by atoms with Crippen LogP contribution in [0, 0.1) is 12.8 Å². The van der Waals surface area contributed by atoms with Crippen molar-refractivity contribution in [1.82, 2.24) is 10.1 Å². The van der Waals surface area contributed by atoms with Crippen molar-refractivity contribution >= 4 is 11.6 Å². The number of carbonyl (C=O) groups excluding carboxylic acids is 1. The zero-order chi connectivity index (χ0) is 17.9. The number of hydrogen-bond donors (Lipinski definition) is 1. The minimum atomic E-state index is -0.0882. The summed E-state index contributed by atoms with van der Waals surface area (Å²) in [5.74, 6) is 0.861. The standard InChI is InChI=1S/C20H19N3O3/c1-13-5-2-3-8-17(13)18-22-20(26-23-18)14-6-4-7-16(11-14)21-19(24)15-9-10-25-12-15/h2-8,11,15H,9-10,12H2,1H3,(H,21,24). The predicted octanol–water partition coefficient (Wildman–Crippen LogP) is 3.69. The fourth-order valence-electron chi connectivity index (χ4n) is 2.99. The molecule has 1 N–H and O–H groups in total. The first-order valence-electron chi connectivity index (χ1n) is 8.59. The summed E-state index contributed by atoms with van der Waals surface area (Å²) >= 11 is 0. The Kier molecular flexibility index (Phi) is 4.50. The molecule has 4 rings (SSSR count). The van der Waals surface area contributed by atoms with Crippen LogP contribution in [0.4, 0.5) is 5.69 Å². The molecule has 6 nitrogen and oxygen atoms in total. The van der Waals surface area contributed by atoms with Crippen molar-refractivity contribution in [3.8, 4) is 22.8 Å². The number of nitrogens with zero attached hydrogens (tertiary/aromatic N) is 2. The van der Waals surface area contributed by atoms with E-state index in [1.165, 1.54) is 0 Å². The van der Waals surface area contributed by atoms with Gasteiger partial charge in [-0.2, -0.15) is 4.98 Å². The van der Waals surface area contributed by atoms with Gasteiger partial charge in [0.1, 0.15) is 0 Å². The zero-order valence-electron chi connectivity index (χ0n) is 14.4. The Hall–Kier alpha value is -2.99. The van der Waals surface area contributed by atoms with Crippen LogP contribution in [0.25, 0.3) is 22.8 Å². The van der Waals surface area contributed by atoms with E-state index in [1.54, 1.807) is 0 Å². The van der Waals surface area contributed by atoms with Crippen LogP contribution in [-0.2, 0) is 9.53 Å². The molecular formula is C20H19N3O3. The molecule has 26 heavy (non-hydrogen) atoms. The molecule has 1 unspecified atom stereocenters. The van der Waals surface area contributed by atoms with Crippen LogP contribution in [0.5, 0.6) is 0 Å². The Bertz CT molecular complexity index is 929. The minimum absolute atomic E-state index is 0.0224. The summed E-state index contributed by atoms with van der Waals surface area (Å²) < 4.78 is 10.7. The molecule has 1 saturated heterocycles. The summed E-state index contributed by atoms with van der Waals surface area (Å²) in [4.78, 5) is 16.7. The maximum atomic E-state index is 12.2. The van der Waals surface area contributed by atoms with Gasteiger partial charge in [-0.3, -0.25) is 4.79 Å². The van der Waals surface area contributed by atoms with E-state index in [1.807, 2.05) is 55.5 Å². The van der Waals surface area contributed by atoms with Gasteiger partial charge in [-0.1, -0.05) is 35.5 Å². The number of aromatic nitrogens is 2. The third-order valence-corrected chi connectivity index (χ3v) is 4.49. The number of carbonyl (C=O) groups is 1. The average Bonchev–Trinajstić information content (AvgIpc) is 3.35. The number of hydrogen-bond acceptors (Lipinski definition) is 5. The van der Waals surface area contributed by atoms with E-state index in [2.05, 4.69) is 15.5 Å². The van der Waals surface area contributed by atoms with Crippen molar-refractivity contribution in [2.75, 3.05) is 18.5 Å². The van der Waals surface area contributed by atoms with E-state index >= 15 is 0 Å². The van der Waals surface area contributed by atoms with Crippen LogP contribution in [0.1, 0.15) is 12.0 Å². The molecule has 1 fully saturated rings. The molecule has 0 aliphatic carbocycles. The number of ether oxygens (including phenoxy) is 1. The third kappa shape index (κ3) is 3.36. The Morgan fingerprint density at radius 1 is 1.19 bits per heavy atom. The van der Waals surface area contributed by atoms with Crippen LogP contribution in [0.3, 0.4) is 0 Å². The summed E-state index contributed by atoms with van der Waals surface area (Å²) in [6.07, 6.45) is 0.759. The first-order valence-corrected chi connectivity index (χ1v) is 8.59. The van der Waals surface area contributed by atoms with Crippen molar-refractivity contribution in [3.63, 3.8) is 0 Å². The second-order valence-corrected chi connectivity index (χ2v) is 6.37. The molecule has 132 valence electrons. The van der Waals surface area contributed by atoms with E-state index in [-0.39, 0.29) is 11.8 Å². The van der Waals surface area contributed by atoms with Gasteiger partial charge in [0.15, 0.2) is 0 Å². The van der Waals surface area contributed by atoms with Gasteiger partial charge in [0, 0.05) is 23.4 Å². The number of benzene rings is 2. The van der Waals surface area contributed by atoms with Crippen LogP contribution >= 0.6 is 0 Å². The van der Waals surface area contributed by atoms with Crippen LogP contribution in [0.2, 0.25) is 0 Å². The van der Waals surface area contributed by atoms with Crippen molar-refractivity contribution in [3.05, 3.63) is 54.1 Å². The topological polar surface area (TPSA) is 77.2 Å². The van der Waals surface area contributed by atoms with E-state index in [9.17, 15) is 4.79 Å². The van der Waals surface area contributed by atoms with Gasteiger partial charge in [-0.05, 0) is 37.1 Å². The van der Waals surface area contributed by atoms with E-state index in [0.717, 1.165) is 23.1 Å². The molecule has 0 radical (unpaired) electrons. The SMILES string of the molecule is Cc1ccccc1-c1noc(-c2cccc(NC(=O)C3CCOC3)c2)n1. The Labute approximate surface area is 151 Å². The fraction of sp³-hybridized carbons (Fsp3) is 0.250. The predicted molar refractivity (Wildman–Crippen MR) is 97.5 cm³/mol. The lowest BCUT2D eigenvalue weighted by atomic mass is 10.1. The number of aryl methyl sites for hydroxylation is 1. The van der Waals surface area contributed by atoms with Gasteiger partial charge < -0.3 is 14.6 Å². The first kappa shape index (κ1) is 16.5. The molecule has 1 atom stereocenters. The highest BCUT2D eigenvalue weighted by Gasteiger charge is 2.23. The molecule has 3 aromatic rings. The molecule has 0 bridgehead atoms. The summed E-state index contributed by atoms with van der Waals surface area (Å²) in [6, 6.07) is 15.3. The molecule has 2 heterocycles. The lowest BCUT2D eigenvalue weighted by Crippen LogP contribution is -2.22. The van der Waals surface area contributed by atoms with Gasteiger partial charge in [0.2, 0.25) is 11.7 Å². The maximum absolute atomic E-state index is 12.2. The number of rotatable bonds is 4. The lowest BCUT2D eigenvalue weighted by Gasteiger charge is -2.09. The Morgan fingerprint density at radius 2 is 2.08 bits per heavy atom. The Balaban J connectivity index is 1.55. The van der Waals surface area contributed by atoms with Crippen molar-refractivity contribution < 1.29 is 14.1 Å². The van der Waals surface area contributed by atoms with Crippen molar-refractivity contribution in [2.24, 2.45) is 5.92 Å². The quantitative estimate of drug-likeness (QED) is 0.777. The summed E-state index contributed by atoms with van der Waals surface area (Å²) in [5, 5.41) is 7.02. The van der Waals surface area contributed by atoms with E-state index < -0.39 is 0 Å². The highest BCUT2D eigenvalue weighted by molar-refractivity contribution is 5.93.